The van der Waals surface area contributed by atoms with Crippen LogP contribution >= 0.6 is 0 Å². The Bertz CT molecular complexity index is 860. The molecule has 120 valence electrons. The quantitative estimate of drug-likeness (QED) is 0.747. The molecule has 1 aromatic heterocycles. The summed E-state index contributed by atoms with van der Waals surface area (Å²) in [6.07, 6.45) is 1.71. The van der Waals surface area contributed by atoms with Crippen LogP contribution in [-0.4, -0.2) is 15.9 Å². The smallest absolute Gasteiger partial charge is 0.249 e. The van der Waals surface area contributed by atoms with Crippen molar-refractivity contribution in [1.82, 2.24) is 15.4 Å². The molecule has 5 nitrogen and oxygen atoms in total. The third-order valence-electron chi connectivity index (χ3n) is 3.44. The second kappa shape index (κ2) is 6.91. The zero-order chi connectivity index (χ0) is 16.9. The van der Waals surface area contributed by atoms with E-state index in [0.717, 1.165) is 11.3 Å². The fraction of sp³-hybridized carbons (Fsp3) is 0.105. The summed E-state index contributed by atoms with van der Waals surface area (Å²) in [4.78, 5) is 25.4. The van der Waals surface area contributed by atoms with E-state index in [1.54, 1.807) is 12.3 Å². The predicted octanol–water partition coefficient (Wildman–Crippen LogP) is 3.55. The number of amides is 1. The number of hydroxylamine groups is 1. The molecule has 3 rings (SSSR count). The lowest BCUT2D eigenvalue weighted by atomic mass is 10.1. The van der Waals surface area contributed by atoms with E-state index in [-0.39, 0.29) is 5.91 Å². The van der Waals surface area contributed by atoms with Gasteiger partial charge in [-0.15, -0.1) is 0 Å². The average molecular weight is 319 g/mol. The molecule has 0 bridgehead atoms. The van der Waals surface area contributed by atoms with E-state index in [0.29, 0.717) is 17.1 Å². The van der Waals surface area contributed by atoms with Gasteiger partial charge < -0.3 is 4.84 Å². The van der Waals surface area contributed by atoms with Crippen molar-refractivity contribution in [2.45, 2.75) is 13.8 Å². The second-order valence-corrected chi connectivity index (χ2v) is 5.39. The summed E-state index contributed by atoms with van der Waals surface area (Å²) in [5.74, 6) is 0.752. The lowest BCUT2D eigenvalue weighted by Gasteiger charge is -2.10. The zero-order valence-electron chi connectivity index (χ0n) is 13.5. The lowest BCUT2D eigenvalue weighted by molar-refractivity contribution is -0.125. The van der Waals surface area contributed by atoms with Crippen LogP contribution in [0.2, 0.25) is 0 Å². The first-order valence-electron chi connectivity index (χ1n) is 7.56. The van der Waals surface area contributed by atoms with Gasteiger partial charge in [0.1, 0.15) is 0 Å². The summed E-state index contributed by atoms with van der Waals surface area (Å²) in [5, 5.41) is 0. The van der Waals surface area contributed by atoms with Crippen LogP contribution in [-0.2, 0) is 4.79 Å². The number of aromatic nitrogens is 2. The van der Waals surface area contributed by atoms with Crippen LogP contribution in [0.5, 0.6) is 5.75 Å². The molecule has 0 aliphatic carbocycles. The van der Waals surface area contributed by atoms with Crippen molar-refractivity contribution in [3.05, 3.63) is 66.4 Å². The molecule has 0 spiro atoms. The van der Waals surface area contributed by atoms with Crippen molar-refractivity contribution in [2.75, 3.05) is 0 Å². The second-order valence-electron chi connectivity index (χ2n) is 5.39. The van der Waals surface area contributed by atoms with E-state index in [4.69, 9.17) is 4.84 Å². The highest BCUT2D eigenvalue weighted by molar-refractivity contribution is 5.72. The van der Waals surface area contributed by atoms with Crippen LogP contribution in [0.15, 0.2) is 60.8 Å². The molecule has 0 aliphatic rings. The Kier molecular flexibility index (Phi) is 4.52. The fourth-order valence-electron chi connectivity index (χ4n) is 2.24. The molecule has 1 N–H and O–H groups in total. The number of rotatable bonds is 4. The molecule has 0 aliphatic heterocycles. The Morgan fingerprint density at radius 1 is 1.04 bits per heavy atom. The van der Waals surface area contributed by atoms with Gasteiger partial charge in [0.25, 0.3) is 0 Å². The molecular weight excluding hydrogens is 302 g/mol. The molecular formula is C19H17N3O2. The molecule has 0 radical (unpaired) electrons. The maximum Gasteiger partial charge on any atom is 0.249 e. The number of hydrogen-bond donors (Lipinski definition) is 1. The van der Waals surface area contributed by atoms with Gasteiger partial charge in [-0.3, -0.25) is 4.79 Å². The number of para-hydroxylation sites is 1. The van der Waals surface area contributed by atoms with Crippen LogP contribution in [0.3, 0.4) is 0 Å². The third-order valence-corrected chi connectivity index (χ3v) is 3.44. The number of aryl methyl sites for hydroxylation is 1. The molecule has 0 saturated heterocycles. The largest absolute Gasteiger partial charge is 0.379 e. The number of nitrogens with zero attached hydrogens (tertiary/aromatic N) is 2. The highest BCUT2D eigenvalue weighted by atomic mass is 16.7. The minimum atomic E-state index is -0.279. The molecule has 0 unspecified atom stereocenters. The van der Waals surface area contributed by atoms with E-state index in [9.17, 15) is 4.79 Å². The monoisotopic (exact) mass is 319 g/mol. The molecule has 0 saturated carbocycles. The van der Waals surface area contributed by atoms with Gasteiger partial charge in [-0.05, 0) is 25.1 Å². The highest BCUT2D eigenvalue weighted by Crippen LogP contribution is 2.28. The Labute approximate surface area is 140 Å². The molecule has 1 heterocycles. The van der Waals surface area contributed by atoms with Gasteiger partial charge in [-0.1, -0.05) is 42.0 Å². The van der Waals surface area contributed by atoms with Crippen molar-refractivity contribution < 1.29 is 9.63 Å². The standard InChI is InChI=1S/C19H17N3O2/c1-13-7-9-15(10-8-13)17-11-12-20-19(21-17)16-5-3-4-6-18(16)24-22-14(2)23/h3-12H,1-2H3,(H,22,23). The maximum absolute atomic E-state index is 11.1. The molecule has 24 heavy (non-hydrogen) atoms. The summed E-state index contributed by atoms with van der Waals surface area (Å²) < 4.78 is 0. The summed E-state index contributed by atoms with van der Waals surface area (Å²) in [7, 11) is 0. The number of carbonyl (C=O) groups is 1. The van der Waals surface area contributed by atoms with Crippen molar-refractivity contribution in [3.63, 3.8) is 0 Å². The zero-order valence-corrected chi connectivity index (χ0v) is 13.5. The number of hydrogen-bond acceptors (Lipinski definition) is 4. The number of benzene rings is 2. The van der Waals surface area contributed by atoms with Crippen LogP contribution in [0.25, 0.3) is 22.6 Å². The number of carbonyl (C=O) groups excluding carboxylic acids is 1. The van der Waals surface area contributed by atoms with E-state index in [1.807, 2.05) is 55.5 Å². The van der Waals surface area contributed by atoms with Crippen molar-refractivity contribution in [3.8, 4) is 28.4 Å². The first-order chi connectivity index (χ1) is 11.6. The topological polar surface area (TPSA) is 64.1 Å². The average Bonchev–Trinajstić information content (AvgIpc) is 2.61. The van der Waals surface area contributed by atoms with E-state index < -0.39 is 0 Å². The van der Waals surface area contributed by atoms with E-state index in [2.05, 4.69) is 15.4 Å². The molecule has 0 fully saturated rings. The summed E-state index contributed by atoms with van der Waals surface area (Å²) in [6, 6.07) is 17.3. The Morgan fingerprint density at radius 3 is 2.54 bits per heavy atom. The van der Waals surface area contributed by atoms with Gasteiger partial charge in [0.15, 0.2) is 11.6 Å². The Balaban J connectivity index is 1.97. The van der Waals surface area contributed by atoms with Crippen molar-refractivity contribution >= 4 is 5.91 Å². The van der Waals surface area contributed by atoms with Crippen molar-refractivity contribution in [1.29, 1.82) is 0 Å². The van der Waals surface area contributed by atoms with E-state index >= 15 is 0 Å². The van der Waals surface area contributed by atoms with Crippen LogP contribution in [0.1, 0.15) is 12.5 Å². The molecule has 2 aromatic carbocycles. The Hall–Kier alpha value is -3.21. The normalized spacial score (nSPS) is 10.2. The molecule has 1 amide bonds. The third kappa shape index (κ3) is 3.57. The first-order valence-corrected chi connectivity index (χ1v) is 7.56. The maximum atomic E-state index is 11.1. The van der Waals surface area contributed by atoms with Crippen LogP contribution in [0, 0.1) is 6.92 Å². The number of nitrogens with one attached hydrogen (secondary N) is 1. The van der Waals surface area contributed by atoms with Gasteiger partial charge in [0.2, 0.25) is 5.91 Å². The summed E-state index contributed by atoms with van der Waals surface area (Å²) in [6.45, 7) is 3.43. The van der Waals surface area contributed by atoms with Gasteiger partial charge >= 0.3 is 0 Å². The minimum absolute atomic E-state index is 0.279. The van der Waals surface area contributed by atoms with Crippen LogP contribution < -0.4 is 10.3 Å². The van der Waals surface area contributed by atoms with E-state index in [1.165, 1.54) is 12.5 Å². The van der Waals surface area contributed by atoms with Gasteiger partial charge in [0.05, 0.1) is 11.3 Å². The molecule has 0 atom stereocenters. The fourth-order valence-corrected chi connectivity index (χ4v) is 2.24. The van der Waals surface area contributed by atoms with Crippen molar-refractivity contribution in [2.24, 2.45) is 0 Å². The van der Waals surface area contributed by atoms with Gasteiger partial charge in [-0.2, -0.15) is 5.48 Å². The first kappa shape index (κ1) is 15.7. The summed E-state index contributed by atoms with van der Waals surface area (Å²) in [5.41, 5.74) is 6.08. The van der Waals surface area contributed by atoms with Crippen LogP contribution in [0.4, 0.5) is 0 Å². The Morgan fingerprint density at radius 2 is 1.79 bits per heavy atom. The van der Waals surface area contributed by atoms with Gasteiger partial charge in [-0.25, -0.2) is 9.97 Å². The van der Waals surface area contributed by atoms with Gasteiger partial charge in [0, 0.05) is 18.7 Å². The predicted molar refractivity (Wildman–Crippen MR) is 92.1 cm³/mol. The summed E-state index contributed by atoms with van der Waals surface area (Å²) >= 11 is 0. The molecule has 5 heteroatoms. The highest BCUT2D eigenvalue weighted by Gasteiger charge is 2.11. The minimum Gasteiger partial charge on any atom is -0.379 e. The SMILES string of the molecule is CC(=O)NOc1ccccc1-c1nccc(-c2ccc(C)cc2)n1. The molecule has 3 aromatic rings. The lowest BCUT2D eigenvalue weighted by Crippen LogP contribution is -2.24.